The Bertz CT molecular complexity index is 1210. The molecule has 0 spiro atoms. The van der Waals surface area contributed by atoms with Gasteiger partial charge in [-0.05, 0) is 68.5 Å². The quantitative estimate of drug-likeness (QED) is 0.239. The lowest BCUT2D eigenvalue weighted by Crippen LogP contribution is -2.39. The third kappa shape index (κ3) is 8.02. The minimum atomic E-state index is -4.86. The number of alkyl halides is 6. The van der Waals surface area contributed by atoms with Gasteiger partial charge in [0, 0.05) is 49.7 Å². The second-order valence-corrected chi connectivity index (χ2v) is 10.2. The number of carbonyl (C=O) groups excluding carboxylic acids is 1. The summed E-state index contributed by atoms with van der Waals surface area (Å²) in [5, 5.41) is 14.0. The number of amides is 1. The van der Waals surface area contributed by atoms with Crippen LogP contribution in [0, 0.1) is 10.1 Å². The molecule has 2 aromatic rings. The lowest BCUT2D eigenvalue weighted by Gasteiger charge is -2.30. The average molecular weight is 589 g/mol. The van der Waals surface area contributed by atoms with Crippen molar-refractivity contribution >= 4 is 23.0 Å². The highest BCUT2D eigenvalue weighted by molar-refractivity contribution is 5.77. The Morgan fingerprint density at radius 2 is 1.61 bits per heavy atom. The third-order valence-electron chi connectivity index (χ3n) is 7.39. The lowest BCUT2D eigenvalue weighted by molar-refractivity contribution is -0.388. The fraction of sp³-hybridized carbons (Fsp3) is 0.519. The van der Waals surface area contributed by atoms with E-state index in [1.54, 1.807) is 4.90 Å². The van der Waals surface area contributed by atoms with E-state index in [0.29, 0.717) is 64.0 Å². The minimum Gasteiger partial charge on any atom is -0.382 e. The van der Waals surface area contributed by atoms with E-state index < -0.39 is 34.1 Å². The standard InChI is InChI=1S/C27H30F6N4O4/c28-26(29,30)18-2-7-21(8-3-18)35-12-1-13-36(15-14-35)25(38)17-41-22-9-4-19(5-10-22)34-20-6-11-24(37(39)40)23(16-20)27(31,32)33/h2-3,6-8,11,16,19,22,34H,1,4-5,9-10,12-15,17H2/t19-,22-. The molecule has 0 aromatic heterocycles. The number of anilines is 2. The van der Waals surface area contributed by atoms with Gasteiger partial charge < -0.3 is 19.9 Å². The Morgan fingerprint density at radius 3 is 2.22 bits per heavy atom. The minimum absolute atomic E-state index is 0.111. The molecule has 1 amide bonds. The Kier molecular flexibility index (Phi) is 9.30. The zero-order chi connectivity index (χ0) is 29.8. The molecule has 1 saturated heterocycles. The number of ether oxygens (including phenoxy) is 1. The Hall–Kier alpha value is -3.55. The predicted molar refractivity (Wildman–Crippen MR) is 139 cm³/mol. The van der Waals surface area contributed by atoms with Gasteiger partial charge in [0.15, 0.2) is 0 Å². The molecule has 4 rings (SSSR count). The molecule has 1 aliphatic heterocycles. The van der Waals surface area contributed by atoms with E-state index in [1.807, 2.05) is 4.90 Å². The smallest absolute Gasteiger partial charge is 0.382 e. The molecule has 2 fully saturated rings. The molecule has 1 N–H and O–H groups in total. The van der Waals surface area contributed by atoms with Gasteiger partial charge in [-0.25, -0.2) is 0 Å². The second-order valence-electron chi connectivity index (χ2n) is 10.2. The topological polar surface area (TPSA) is 87.9 Å². The van der Waals surface area contributed by atoms with Gasteiger partial charge in [0.25, 0.3) is 5.69 Å². The van der Waals surface area contributed by atoms with Gasteiger partial charge in [0.2, 0.25) is 5.91 Å². The first-order chi connectivity index (χ1) is 19.3. The van der Waals surface area contributed by atoms with Gasteiger partial charge in [-0.3, -0.25) is 14.9 Å². The highest BCUT2D eigenvalue weighted by Gasteiger charge is 2.38. The van der Waals surface area contributed by atoms with Crippen LogP contribution in [0.5, 0.6) is 0 Å². The summed E-state index contributed by atoms with van der Waals surface area (Å²) in [6.07, 6.45) is -6.43. The molecule has 1 heterocycles. The molecule has 2 aromatic carbocycles. The van der Waals surface area contributed by atoms with Crippen molar-refractivity contribution in [2.75, 3.05) is 43.0 Å². The first-order valence-electron chi connectivity index (χ1n) is 13.2. The van der Waals surface area contributed by atoms with Gasteiger partial charge in [-0.15, -0.1) is 0 Å². The fourth-order valence-corrected chi connectivity index (χ4v) is 5.19. The van der Waals surface area contributed by atoms with Crippen LogP contribution in [0.15, 0.2) is 42.5 Å². The zero-order valence-corrected chi connectivity index (χ0v) is 22.0. The van der Waals surface area contributed by atoms with Crippen LogP contribution in [-0.2, 0) is 21.9 Å². The molecule has 2 aliphatic rings. The maximum atomic E-state index is 13.3. The third-order valence-corrected chi connectivity index (χ3v) is 7.39. The summed E-state index contributed by atoms with van der Waals surface area (Å²) >= 11 is 0. The number of nitrogens with zero attached hydrogens (tertiary/aromatic N) is 3. The van der Waals surface area contributed by atoms with E-state index in [0.717, 1.165) is 24.3 Å². The fourth-order valence-electron chi connectivity index (χ4n) is 5.19. The number of benzene rings is 2. The van der Waals surface area contributed by atoms with Crippen molar-refractivity contribution in [2.24, 2.45) is 0 Å². The summed E-state index contributed by atoms with van der Waals surface area (Å²) in [6.45, 7) is 1.89. The molecular weight excluding hydrogens is 558 g/mol. The molecule has 8 nitrogen and oxygen atoms in total. The maximum Gasteiger partial charge on any atom is 0.423 e. The number of nitrogens with one attached hydrogen (secondary N) is 1. The molecule has 41 heavy (non-hydrogen) atoms. The number of hydrogen-bond acceptors (Lipinski definition) is 6. The summed E-state index contributed by atoms with van der Waals surface area (Å²) in [7, 11) is 0. The molecule has 0 atom stereocenters. The van der Waals surface area contributed by atoms with E-state index in [1.165, 1.54) is 18.2 Å². The molecule has 0 unspecified atom stereocenters. The SMILES string of the molecule is O=C(CO[C@H]1CC[C@H](Nc2ccc([N+](=O)[O-])c(C(F)(F)F)c2)CC1)N1CCCN(c2ccc(C(F)(F)F)cc2)CC1. The van der Waals surface area contributed by atoms with Crippen molar-refractivity contribution in [3.05, 3.63) is 63.7 Å². The number of nitro groups is 1. The number of nitro benzene ring substituents is 1. The second kappa shape index (κ2) is 12.5. The van der Waals surface area contributed by atoms with E-state index >= 15 is 0 Å². The highest BCUT2D eigenvalue weighted by Crippen LogP contribution is 2.38. The van der Waals surface area contributed by atoms with Crippen molar-refractivity contribution in [1.82, 2.24) is 4.90 Å². The van der Waals surface area contributed by atoms with Crippen molar-refractivity contribution in [1.29, 1.82) is 0 Å². The van der Waals surface area contributed by atoms with Crippen LogP contribution in [0.2, 0.25) is 0 Å². The molecule has 0 radical (unpaired) electrons. The highest BCUT2D eigenvalue weighted by atomic mass is 19.4. The summed E-state index contributed by atoms with van der Waals surface area (Å²) in [5.41, 5.74) is -2.21. The van der Waals surface area contributed by atoms with Crippen LogP contribution in [0.1, 0.15) is 43.2 Å². The van der Waals surface area contributed by atoms with Crippen molar-refractivity contribution < 1.29 is 40.8 Å². The first-order valence-corrected chi connectivity index (χ1v) is 13.2. The first kappa shape index (κ1) is 30.4. The molecule has 14 heteroatoms. The Morgan fingerprint density at radius 1 is 0.927 bits per heavy atom. The van der Waals surface area contributed by atoms with Gasteiger partial charge in [-0.2, -0.15) is 26.3 Å². The van der Waals surface area contributed by atoms with Crippen LogP contribution >= 0.6 is 0 Å². The largest absolute Gasteiger partial charge is 0.423 e. The summed E-state index contributed by atoms with van der Waals surface area (Å²) in [5.74, 6) is -0.176. The van der Waals surface area contributed by atoms with Crippen LogP contribution in [0.3, 0.4) is 0 Å². The maximum absolute atomic E-state index is 13.3. The number of rotatable bonds is 7. The van der Waals surface area contributed by atoms with E-state index in [2.05, 4.69) is 5.32 Å². The van der Waals surface area contributed by atoms with Gasteiger partial charge in [0.1, 0.15) is 12.2 Å². The molecule has 0 bridgehead atoms. The van der Waals surface area contributed by atoms with E-state index in [9.17, 15) is 41.3 Å². The zero-order valence-electron chi connectivity index (χ0n) is 22.0. The summed E-state index contributed by atoms with van der Waals surface area (Å²) < 4.78 is 84.1. The Balaban J connectivity index is 1.21. The molecule has 1 aliphatic carbocycles. The normalized spacial score (nSPS) is 20.4. The summed E-state index contributed by atoms with van der Waals surface area (Å²) in [6, 6.07) is 7.68. The van der Waals surface area contributed by atoms with Gasteiger partial charge in [-0.1, -0.05) is 0 Å². The number of hydrogen-bond donors (Lipinski definition) is 1. The van der Waals surface area contributed by atoms with Crippen molar-refractivity contribution in [3.63, 3.8) is 0 Å². The van der Waals surface area contributed by atoms with Crippen LogP contribution in [-0.4, -0.2) is 60.7 Å². The Labute approximate surface area is 232 Å². The number of carbonyl (C=O) groups is 1. The van der Waals surface area contributed by atoms with Crippen molar-refractivity contribution in [2.45, 2.75) is 56.6 Å². The lowest BCUT2D eigenvalue weighted by atomic mass is 9.92. The molecule has 1 saturated carbocycles. The van der Waals surface area contributed by atoms with Crippen molar-refractivity contribution in [3.8, 4) is 0 Å². The number of halogens is 6. The van der Waals surface area contributed by atoms with Gasteiger partial charge >= 0.3 is 12.4 Å². The van der Waals surface area contributed by atoms with E-state index in [-0.39, 0.29) is 30.3 Å². The molecular formula is C27H30F6N4O4. The van der Waals surface area contributed by atoms with Gasteiger partial charge in [0.05, 0.1) is 16.6 Å². The van der Waals surface area contributed by atoms with E-state index in [4.69, 9.17) is 4.74 Å². The van der Waals surface area contributed by atoms with Crippen LogP contribution in [0.25, 0.3) is 0 Å². The average Bonchev–Trinajstić information content (AvgIpc) is 3.18. The molecule has 224 valence electrons. The monoisotopic (exact) mass is 588 g/mol. The van der Waals surface area contributed by atoms with Crippen LogP contribution in [0.4, 0.5) is 43.4 Å². The van der Waals surface area contributed by atoms with Crippen LogP contribution < -0.4 is 10.2 Å². The summed E-state index contributed by atoms with van der Waals surface area (Å²) in [4.78, 5) is 26.3. The predicted octanol–water partition coefficient (Wildman–Crippen LogP) is 6.11.